The van der Waals surface area contributed by atoms with Crippen molar-refractivity contribution in [2.75, 3.05) is 19.8 Å². The van der Waals surface area contributed by atoms with Crippen LogP contribution >= 0.6 is 11.6 Å². The highest BCUT2D eigenvalue weighted by atomic mass is 35.5. The van der Waals surface area contributed by atoms with E-state index in [0.29, 0.717) is 26.2 Å². The standard InChI is InChI=1S/C26H37ClN2O4/c1-25(2,3)12-9-19-7-8-20(16-22(19)27)26(4)21(18-10-14-33-15-11-18)17-29(24(32)28-26)13-5-6-23(30)31/h7-8,16-18H,5-6,9-15H2,1-4H3,(H,28,32)(H,30,31)/t26-/m0/s1. The predicted octanol–water partition coefficient (Wildman–Crippen LogP) is 5.73. The van der Waals surface area contributed by atoms with Crippen molar-refractivity contribution in [1.29, 1.82) is 0 Å². The number of carboxylic acids is 1. The second-order valence-electron chi connectivity index (χ2n) is 10.6. The van der Waals surface area contributed by atoms with Gasteiger partial charge in [-0.25, -0.2) is 4.79 Å². The molecular weight excluding hydrogens is 440 g/mol. The maximum Gasteiger partial charge on any atom is 0.322 e. The number of nitrogens with zero attached hydrogens (tertiary/aromatic N) is 1. The number of hydrogen-bond acceptors (Lipinski definition) is 3. The SMILES string of the molecule is CC(C)(C)CCc1ccc([C@]2(C)NC(=O)N(CCCC(=O)O)C=C2C2CCOCC2)cc1Cl. The van der Waals surface area contributed by atoms with Crippen molar-refractivity contribution < 1.29 is 19.4 Å². The molecule has 0 saturated carbocycles. The molecule has 1 aromatic rings. The smallest absolute Gasteiger partial charge is 0.322 e. The van der Waals surface area contributed by atoms with Gasteiger partial charge in [-0.3, -0.25) is 4.79 Å². The first kappa shape index (κ1) is 25.6. The van der Waals surface area contributed by atoms with Crippen LogP contribution in [0, 0.1) is 11.3 Å². The number of aryl methyl sites for hydroxylation is 1. The van der Waals surface area contributed by atoms with Crippen molar-refractivity contribution in [2.24, 2.45) is 11.3 Å². The monoisotopic (exact) mass is 476 g/mol. The summed E-state index contributed by atoms with van der Waals surface area (Å²) in [5, 5.41) is 12.9. The number of hydrogen-bond donors (Lipinski definition) is 2. The fourth-order valence-electron chi connectivity index (χ4n) is 4.61. The molecule has 2 heterocycles. The molecule has 2 N–H and O–H groups in total. The molecule has 2 aliphatic heterocycles. The minimum absolute atomic E-state index is 0.0348. The van der Waals surface area contributed by atoms with Crippen LogP contribution in [0.25, 0.3) is 0 Å². The molecule has 7 heteroatoms. The van der Waals surface area contributed by atoms with Crippen LogP contribution < -0.4 is 5.32 Å². The fourth-order valence-corrected chi connectivity index (χ4v) is 4.89. The Labute approximate surface area is 202 Å². The molecule has 0 unspecified atom stereocenters. The van der Waals surface area contributed by atoms with Gasteiger partial charge in [0.1, 0.15) is 0 Å². The number of halogens is 1. The van der Waals surface area contributed by atoms with Crippen LogP contribution in [-0.2, 0) is 21.5 Å². The van der Waals surface area contributed by atoms with Crippen molar-refractivity contribution in [3.8, 4) is 0 Å². The van der Waals surface area contributed by atoms with Gasteiger partial charge in [0, 0.05) is 37.4 Å². The molecule has 1 atom stereocenters. The third-order valence-electron chi connectivity index (χ3n) is 6.72. The van der Waals surface area contributed by atoms with E-state index in [-0.39, 0.29) is 23.8 Å². The van der Waals surface area contributed by atoms with Crippen molar-refractivity contribution in [1.82, 2.24) is 10.2 Å². The van der Waals surface area contributed by atoms with Crippen LogP contribution in [0.3, 0.4) is 0 Å². The summed E-state index contributed by atoms with van der Waals surface area (Å²) in [5.41, 5.74) is 2.75. The summed E-state index contributed by atoms with van der Waals surface area (Å²) >= 11 is 6.72. The molecule has 0 aliphatic carbocycles. The first-order chi connectivity index (χ1) is 15.5. The van der Waals surface area contributed by atoms with E-state index in [1.165, 1.54) is 0 Å². The van der Waals surface area contributed by atoms with Crippen LogP contribution in [0.15, 0.2) is 30.0 Å². The maximum atomic E-state index is 13.0. The first-order valence-electron chi connectivity index (χ1n) is 11.9. The second-order valence-corrected chi connectivity index (χ2v) is 11.0. The van der Waals surface area contributed by atoms with Gasteiger partial charge in [0.25, 0.3) is 0 Å². The molecule has 1 fully saturated rings. The Balaban J connectivity index is 1.91. The largest absolute Gasteiger partial charge is 0.481 e. The summed E-state index contributed by atoms with van der Waals surface area (Å²) in [7, 11) is 0. The fraction of sp³-hybridized carbons (Fsp3) is 0.615. The summed E-state index contributed by atoms with van der Waals surface area (Å²) in [4.78, 5) is 25.6. The number of amides is 2. The third-order valence-corrected chi connectivity index (χ3v) is 7.07. The van der Waals surface area contributed by atoms with Crippen LogP contribution in [-0.4, -0.2) is 41.8 Å². The van der Waals surface area contributed by atoms with Gasteiger partial charge >= 0.3 is 12.0 Å². The summed E-state index contributed by atoms with van der Waals surface area (Å²) < 4.78 is 5.58. The first-order valence-corrected chi connectivity index (χ1v) is 12.3. The van der Waals surface area contributed by atoms with E-state index in [0.717, 1.165) is 47.4 Å². The van der Waals surface area contributed by atoms with Crippen LogP contribution in [0.4, 0.5) is 4.79 Å². The maximum absolute atomic E-state index is 13.0. The molecule has 182 valence electrons. The molecule has 0 radical (unpaired) electrons. The quantitative estimate of drug-likeness (QED) is 0.501. The van der Waals surface area contributed by atoms with Gasteiger partial charge in [-0.2, -0.15) is 0 Å². The molecule has 0 bridgehead atoms. The summed E-state index contributed by atoms with van der Waals surface area (Å²) in [6, 6.07) is 5.94. The minimum atomic E-state index is -0.855. The van der Waals surface area contributed by atoms with Crippen LogP contribution in [0.2, 0.25) is 5.02 Å². The highest BCUT2D eigenvalue weighted by Gasteiger charge is 2.42. The molecule has 1 saturated heterocycles. The molecule has 0 aromatic heterocycles. The van der Waals surface area contributed by atoms with E-state index >= 15 is 0 Å². The van der Waals surface area contributed by atoms with Gasteiger partial charge in [-0.15, -0.1) is 0 Å². The summed E-state index contributed by atoms with van der Waals surface area (Å²) in [6.07, 6.45) is 6.11. The Morgan fingerprint density at radius 1 is 1.30 bits per heavy atom. The summed E-state index contributed by atoms with van der Waals surface area (Å²) in [6.45, 7) is 10.5. The number of rotatable bonds is 8. The van der Waals surface area contributed by atoms with Crippen molar-refractivity contribution >= 4 is 23.6 Å². The molecule has 2 amide bonds. The Kier molecular flexibility index (Phi) is 8.12. The molecule has 33 heavy (non-hydrogen) atoms. The average Bonchev–Trinajstić information content (AvgIpc) is 2.74. The number of aliphatic carboxylic acids is 1. The molecule has 2 aliphatic rings. The topological polar surface area (TPSA) is 78.9 Å². The average molecular weight is 477 g/mol. The molecule has 1 aromatic carbocycles. The zero-order valence-electron chi connectivity index (χ0n) is 20.2. The Morgan fingerprint density at radius 2 is 2.00 bits per heavy atom. The normalized spacial score (nSPS) is 22.2. The Morgan fingerprint density at radius 3 is 2.61 bits per heavy atom. The zero-order chi connectivity index (χ0) is 24.2. The van der Waals surface area contributed by atoms with E-state index < -0.39 is 11.5 Å². The molecule has 0 spiro atoms. The van der Waals surface area contributed by atoms with Gasteiger partial charge in [0.2, 0.25) is 0 Å². The van der Waals surface area contributed by atoms with E-state index in [9.17, 15) is 9.59 Å². The van der Waals surface area contributed by atoms with Crippen molar-refractivity contribution in [2.45, 2.75) is 71.8 Å². The number of carbonyl (C=O) groups excluding carboxylic acids is 1. The van der Waals surface area contributed by atoms with Gasteiger partial charge in [-0.05, 0) is 73.1 Å². The third kappa shape index (κ3) is 6.51. The van der Waals surface area contributed by atoms with Crippen molar-refractivity contribution in [3.05, 3.63) is 46.1 Å². The molecule has 3 rings (SSSR count). The number of urea groups is 1. The van der Waals surface area contributed by atoms with E-state index in [1.807, 2.05) is 19.2 Å². The van der Waals surface area contributed by atoms with Crippen LogP contribution in [0.5, 0.6) is 0 Å². The Hall–Kier alpha value is -2.05. The number of ether oxygens (including phenoxy) is 1. The second kappa shape index (κ2) is 10.5. The van der Waals surface area contributed by atoms with E-state index in [1.54, 1.807) is 4.90 Å². The number of benzene rings is 1. The molecular formula is C26H37ClN2O4. The number of carboxylic acid groups (broad SMARTS) is 1. The van der Waals surface area contributed by atoms with Gasteiger partial charge < -0.3 is 20.1 Å². The van der Waals surface area contributed by atoms with E-state index in [4.69, 9.17) is 21.4 Å². The number of carbonyl (C=O) groups is 2. The highest BCUT2D eigenvalue weighted by Crippen LogP contribution is 2.41. The van der Waals surface area contributed by atoms with Gasteiger partial charge in [0.15, 0.2) is 0 Å². The minimum Gasteiger partial charge on any atom is -0.481 e. The van der Waals surface area contributed by atoms with Crippen molar-refractivity contribution in [3.63, 3.8) is 0 Å². The summed E-state index contributed by atoms with van der Waals surface area (Å²) in [5.74, 6) is -0.585. The Bertz CT molecular complexity index is 902. The lowest BCUT2D eigenvalue weighted by Crippen LogP contribution is -2.55. The molecule has 6 nitrogen and oxygen atoms in total. The lowest BCUT2D eigenvalue weighted by atomic mass is 9.74. The predicted molar refractivity (Wildman–Crippen MR) is 130 cm³/mol. The lowest BCUT2D eigenvalue weighted by Gasteiger charge is -2.44. The van der Waals surface area contributed by atoms with Crippen LogP contribution in [0.1, 0.15) is 70.9 Å². The van der Waals surface area contributed by atoms with E-state index in [2.05, 4.69) is 38.2 Å². The van der Waals surface area contributed by atoms with Gasteiger partial charge in [0.05, 0.1) is 5.54 Å². The zero-order valence-corrected chi connectivity index (χ0v) is 21.0. The van der Waals surface area contributed by atoms with Gasteiger partial charge in [-0.1, -0.05) is 44.5 Å². The highest BCUT2D eigenvalue weighted by molar-refractivity contribution is 6.31. The lowest BCUT2D eigenvalue weighted by molar-refractivity contribution is -0.137. The number of nitrogens with one attached hydrogen (secondary N) is 1.